The first-order chi connectivity index (χ1) is 10.0. The summed E-state index contributed by atoms with van der Waals surface area (Å²) in [6.45, 7) is 9.25. The predicted octanol–water partition coefficient (Wildman–Crippen LogP) is 4.84. The lowest BCUT2D eigenvalue weighted by atomic mass is 10.1. The molecule has 2 rings (SSSR count). The largest absolute Gasteiger partial charge is 0.332 e. The van der Waals surface area contributed by atoms with Gasteiger partial charge in [-0.2, -0.15) is 0 Å². The molecule has 3 heteroatoms. The summed E-state index contributed by atoms with van der Waals surface area (Å²) in [6, 6.07) is 14.7. The smallest absolute Gasteiger partial charge is 0.177 e. The molecule has 0 atom stereocenters. The molecule has 0 aromatic heterocycles. The van der Waals surface area contributed by atoms with Gasteiger partial charge < -0.3 is 10.2 Å². The van der Waals surface area contributed by atoms with Crippen LogP contribution in [0.5, 0.6) is 0 Å². The van der Waals surface area contributed by atoms with E-state index in [1.54, 1.807) is 0 Å². The number of rotatable bonds is 3. The topological polar surface area (TPSA) is 15.3 Å². The van der Waals surface area contributed by atoms with E-state index in [0.29, 0.717) is 0 Å². The van der Waals surface area contributed by atoms with E-state index >= 15 is 0 Å². The van der Waals surface area contributed by atoms with Crippen molar-refractivity contribution in [2.75, 3.05) is 16.8 Å². The summed E-state index contributed by atoms with van der Waals surface area (Å²) >= 11 is 5.61. The van der Waals surface area contributed by atoms with E-state index < -0.39 is 0 Å². The van der Waals surface area contributed by atoms with Crippen molar-refractivity contribution in [2.24, 2.45) is 0 Å². The molecule has 0 aliphatic rings. The number of benzene rings is 2. The molecule has 0 saturated carbocycles. The van der Waals surface area contributed by atoms with E-state index in [1.807, 2.05) is 12.1 Å². The highest BCUT2D eigenvalue weighted by Gasteiger charge is 2.12. The Hall–Kier alpha value is -1.87. The lowest BCUT2D eigenvalue weighted by Crippen LogP contribution is -2.35. The normalized spacial score (nSPS) is 10.3. The van der Waals surface area contributed by atoms with Gasteiger partial charge in [-0.1, -0.05) is 35.9 Å². The fraction of sp³-hybridized carbons (Fsp3) is 0.278. The maximum absolute atomic E-state index is 5.61. The summed E-state index contributed by atoms with van der Waals surface area (Å²) in [5.41, 5.74) is 5.91. The fourth-order valence-electron chi connectivity index (χ4n) is 2.43. The summed E-state index contributed by atoms with van der Waals surface area (Å²) in [4.78, 5) is 2.13. The number of hydrogen-bond acceptors (Lipinski definition) is 1. The number of hydrogen-bond donors (Lipinski definition) is 1. The number of aryl methyl sites for hydroxylation is 3. The Morgan fingerprint density at radius 2 is 1.76 bits per heavy atom. The Labute approximate surface area is 132 Å². The molecule has 21 heavy (non-hydrogen) atoms. The maximum atomic E-state index is 5.61. The fourth-order valence-corrected chi connectivity index (χ4v) is 2.76. The van der Waals surface area contributed by atoms with Crippen LogP contribution in [0.25, 0.3) is 0 Å². The van der Waals surface area contributed by atoms with Gasteiger partial charge in [0.15, 0.2) is 5.11 Å². The summed E-state index contributed by atoms with van der Waals surface area (Å²) in [5.74, 6) is 0. The van der Waals surface area contributed by atoms with Crippen molar-refractivity contribution in [1.82, 2.24) is 0 Å². The average molecular weight is 298 g/mol. The second-order valence-electron chi connectivity index (χ2n) is 5.28. The van der Waals surface area contributed by atoms with Crippen molar-refractivity contribution in [3.05, 3.63) is 59.2 Å². The average Bonchev–Trinajstić information content (AvgIpc) is 2.45. The molecular weight excluding hydrogens is 276 g/mol. The quantitative estimate of drug-likeness (QED) is 0.817. The standard InChI is InChI=1S/C18H22N2S/c1-5-20(17-9-7-6-8-14(17)3)18(21)19-16-11-10-13(2)12-15(16)4/h6-12H,5H2,1-4H3,(H,19,21). The first-order valence-corrected chi connectivity index (χ1v) is 7.65. The second-order valence-corrected chi connectivity index (χ2v) is 5.67. The van der Waals surface area contributed by atoms with Crippen LogP contribution in [0, 0.1) is 20.8 Å². The molecule has 1 N–H and O–H groups in total. The molecule has 2 aromatic carbocycles. The highest BCUT2D eigenvalue weighted by molar-refractivity contribution is 7.80. The molecule has 0 heterocycles. The Morgan fingerprint density at radius 3 is 2.38 bits per heavy atom. The van der Waals surface area contributed by atoms with Crippen LogP contribution < -0.4 is 10.2 Å². The molecule has 0 amide bonds. The maximum Gasteiger partial charge on any atom is 0.177 e. The van der Waals surface area contributed by atoms with Crippen molar-refractivity contribution < 1.29 is 0 Å². The van der Waals surface area contributed by atoms with E-state index in [2.05, 4.69) is 68.2 Å². The van der Waals surface area contributed by atoms with E-state index in [4.69, 9.17) is 12.2 Å². The molecule has 2 aromatic rings. The van der Waals surface area contributed by atoms with Crippen LogP contribution >= 0.6 is 12.2 Å². The van der Waals surface area contributed by atoms with Gasteiger partial charge in [0, 0.05) is 17.9 Å². The highest BCUT2D eigenvalue weighted by atomic mass is 32.1. The van der Waals surface area contributed by atoms with Gasteiger partial charge in [0.1, 0.15) is 0 Å². The van der Waals surface area contributed by atoms with Gasteiger partial charge in [-0.05, 0) is 63.2 Å². The summed E-state index contributed by atoms with van der Waals surface area (Å²) in [6.07, 6.45) is 0. The number of anilines is 2. The predicted molar refractivity (Wildman–Crippen MR) is 96.3 cm³/mol. The van der Waals surface area contributed by atoms with Gasteiger partial charge in [0.25, 0.3) is 0 Å². The van der Waals surface area contributed by atoms with E-state index in [-0.39, 0.29) is 0 Å². The lowest BCUT2D eigenvalue weighted by Gasteiger charge is -2.26. The van der Waals surface area contributed by atoms with E-state index in [1.165, 1.54) is 16.7 Å². The zero-order valence-electron chi connectivity index (χ0n) is 13.1. The molecule has 2 nitrogen and oxygen atoms in total. The molecule has 110 valence electrons. The minimum absolute atomic E-state index is 0.735. The van der Waals surface area contributed by atoms with Crippen molar-refractivity contribution in [1.29, 1.82) is 0 Å². The first kappa shape index (κ1) is 15.5. The molecule has 0 spiro atoms. The van der Waals surface area contributed by atoms with Crippen LogP contribution in [0.4, 0.5) is 11.4 Å². The summed E-state index contributed by atoms with van der Waals surface area (Å²) in [7, 11) is 0. The number of thiocarbonyl (C=S) groups is 1. The van der Waals surface area contributed by atoms with Gasteiger partial charge in [-0.15, -0.1) is 0 Å². The Balaban J connectivity index is 2.23. The number of nitrogens with one attached hydrogen (secondary N) is 1. The molecular formula is C18H22N2S. The monoisotopic (exact) mass is 298 g/mol. The molecule has 0 radical (unpaired) electrons. The molecule has 0 aliphatic heterocycles. The van der Waals surface area contributed by atoms with Crippen molar-refractivity contribution in [2.45, 2.75) is 27.7 Å². The minimum Gasteiger partial charge on any atom is -0.332 e. The zero-order chi connectivity index (χ0) is 15.4. The van der Waals surface area contributed by atoms with Crippen LogP contribution in [0.3, 0.4) is 0 Å². The van der Waals surface area contributed by atoms with Gasteiger partial charge in [-0.25, -0.2) is 0 Å². The third-order valence-electron chi connectivity index (χ3n) is 3.59. The SMILES string of the molecule is CCN(C(=S)Nc1ccc(C)cc1C)c1ccccc1C. The second kappa shape index (κ2) is 6.72. The van der Waals surface area contributed by atoms with Gasteiger partial charge >= 0.3 is 0 Å². The van der Waals surface area contributed by atoms with Crippen LogP contribution in [0.15, 0.2) is 42.5 Å². The Kier molecular flexibility index (Phi) is 4.97. The molecule has 0 saturated heterocycles. The molecule has 0 unspecified atom stereocenters. The molecule has 0 fully saturated rings. The number of para-hydroxylation sites is 1. The lowest BCUT2D eigenvalue weighted by molar-refractivity contribution is 1.06. The summed E-state index contributed by atoms with van der Waals surface area (Å²) in [5, 5.41) is 4.11. The van der Waals surface area contributed by atoms with Gasteiger partial charge in [0.2, 0.25) is 0 Å². The first-order valence-electron chi connectivity index (χ1n) is 7.24. The van der Waals surface area contributed by atoms with Crippen LogP contribution in [-0.2, 0) is 0 Å². The third kappa shape index (κ3) is 3.61. The van der Waals surface area contributed by atoms with Gasteiger partial charge in [-0.3, -0.25) is 0 Å². The third-order valence-corrected chi connectivity index (χ3v) is 3.91. The molecule has 0 bridgehead atoms. The van der Waals surface area contributed by atoms with Crippen molar-refractivity contribution in [3.63, 3.8) is 0 Å². The van der Waals surface area contributed by atoms with E-state index in [9.17, 15) is 0 Å². The van der Waals surface area contributed by atoms with Crippen LogP contribution in [0.2, 0.25) is 0 Å². The van der Waals surface area contributed by atoms with Crippen molar-refractivity contribution in [3.8, 4) is 0 Å². The Morgan fingerprint density at radius 1 is 1.05 bits per heavy atom. The molecule has 0 aliphatic carbocycles. The van der Waals surface area contributed by atoms with Gasteiger partial charge in [0.05, 0.1) is 0 Å². The Bertz CT molecular complexity index is 649. The van der Waals surface area contributed by atoms with E-state index in [0.717, 1.165) is 23.0 Å². The minimum atomic E-state index is 0.735. The number of nitrogens with zero attached hydrogens (tertiary/aromatic N) is 1. The highest BCUT2D eigenvalue weighted by Crippen LogP contribution is 2.22. The zero-order valence-corrected chi connectivity index (χ0v) is 13.9. The summed E-state index contributed by atoms with van der Waals surface area (Å²) < 4.78 is 0. The van der Waals surface area contributed by atoms with Crippen molar-refractivity contribution >= 4 is 28.7 Å². The van der Waals surface area contributed by atoms with Crippen LogP contribution in [-0.4, -0.2) is 11.7 Å². The van der Waals surface area contributed by atoms with Crippen LogP contribution in [0.1, 0.15) is 23.6 Å².